The molecule has 3 aromatic carbocycles. The van der Waals surface area contributed by atoms with Gasteiger partial charge in [-0.1, -0.05) is 72.8 Å². The Kier molecular flexibility index (Phi) is 9.35. The molecule has 0 unspecified atom stereocenters. The SMILES string of the molecule is O=[N+]([O-])c1ccccc1S(=O)(=O)N[C@H]1[C@H](N[C@H]2[C@@H]3OC[C@@H](O3)[C@@H](OCc3ccccc3)[C@@H]2O)[C@@H](OCc2ccccc2)[C@@H]2OC[C@H]1O2. The molecule has 7 rings (SSSR count). The molecule has 4 aliphatic rings. The molecule has 0 aromatic heterocycles. The summed E-state index contributed by atoms with van der Waals surface area (Å²) in [5, 5.41) is 26.8. The lowest BCUT2D eigenvalue weighted by Crippen LogP contribution is -2.71. The van der Waals surface area contributed by atoms with Gasteiger partial charge in [0, 0.05) is 6.07 Å². The van der Waals surface area contributed by atoms with Gasteiger partial charge >= 0.3 is 0 Å². The lowest BCUT2D eigenvalue weighted by Gasteiger charge is -2.46. The van der Waals surface area contributed by atoms with E-state index in [9.17, 15) is 23.6 Å². The number of nitro benzene ring substituents is 1. The van der Waals surface area contributed by atoms with E-state index in [4.69, 9.17) is 28.4 Å². The summed E-state index contributed by atoms with van der Waals surface area (Å²) >= 11 is 0. The number of aliphatic hydroxyl groups is 1. The Labute approximate surface area is 271 Å². The van der Waals surface area contributed by atoms with Crippen molar-refractivity contribution >= 4 is 15.7 Å². The number of fused-ring (bicyclic) bond motifs is 4. The lowest BCUT2D eigenvalue weighted by atomic mass is 9.92. The van der Waals surface area contributed by atoms with E-state index >= 15 is 0 Å². The van der Waals surface area contributed by atoms with Crippen LogP contribution in [0.15, 0.2) is 89.8 Å². The van der Waals surface area contributed by atoms with E-state index in [0.717, 1.165) is 17.2 Å². The summed E-state index contributed by atoms with van der Waals surface area (Å²) < 4.78 is 66.8. The maximum absolute atomic E-state index is 13.8. The maximum atomic E-state index is 13.8. The predicted molar refractivity (Wildman–Crippen MR) is 163 cm³/mol. The fraction of sp³-hybridized carbons (Fsp3) is 0.438. The molecule has 4 heterocycles. The number of para-hydroxylation sites is 1. The molecule has 0 spiro atoms. The van der Waals surface area contributed by atoms with Gasteiger partial charge in [0.05, 0.1) is 49.5 Å². The smallest absolute Gasteiger partial charge is 0.289 e. The first-order valence-electron chi connectivity index (χ1n) is 15.3. The Balaban J connectivity index is 1.19. The molecular weight excluding hydrogens is 634 g/mol. The Bertz CT molecular complexity index is 1650. The van der Waals surface area contributed by atoms with Gasteiger partial charge in [0.15, 0.2) is 17.5 Å². The molecule has 0 amide bonds. The fourth-order valence-electron chi connectivity index (χ4n) is 6.54. The average Bonchev–Trinajstić information content (AvgIpc) is 3.72. The zero-order valence-corrected chi connectivity index (χ0v) is 25.9. The van der Waals surface area contributed by atoms with Gasteiger partial charge in [-0.25, -0.2) is 13.1 Å². The van der Waals surface area contributed by atoms with Crippen LogP contribution in [0.25, 0.3) is 0 Å². The van der Waals surface area contributed by atoms with Gasteiger partial charge in [-0.2, -0.15) is 0 Å². The van der Waals surface area contributed by atoms with Crippen molar-refractivity contribution in [3.63, 3.8) is 0 Å². The van der Waals surface area contributed by atoms with Crippen molar-refractivity contribution in [2.75, 3.05) is 13.2 Å². The Morgan fingerprint density at radius 3 is 2.02 bits per heavy atom. The number of nitro groups is 1. The maximum Gasteiger partial charge on any atom is 0.289 e. The van der Waals surface area contributed by atoms with E-state index in [1.165, 1.54) is 18.2 Å². The van der Waals surface area contributed by atoms with Gasteiger partial charge in [-0.05, 0) is 17.2 Å². The van der Waals surface area contributed by atoms with Crippen molar-refractivity contribution in [1.82, 2.24) is 10.0 Å². The first-order valence-corrected chi connectivity index (χ1v) is 16.8. The van der Waals surface area contributed by atoms with Gasteiger partial charge in [0.25, 0.3) is 5.69 Å². The third-order valence-corrected chi connectivity index (χ3v) is 10.3. The van der Waals surface area contributed by atoms with Crippen LogP contribution in [0.2, 0.25) is 0 Å². The van der Waals surface area contributed by atoms with Crippen LogP contribution in [0, 0.1) is 10.1 Å². The standard InChI is InChI=1S/C32H35N3O11S/c36-28-27(31-43-18-23(46-31)29(28)41-15-19-9-3-1-4-10-19)33-26-25(34-47(39,40)24-14-8-7-13-21(24)35(37)38)22-17-44-32(45-22)30(26)42-16-20-11-5-2-6-12-20/h1-14,22-23,25-34,36H,15-18H2/t22-,23-,25-,26+,27-,28-,29-,30-,31-,32-/m1/s1. The highest BCUT2D eigenvalue weighted by Crippen LogP contribution is 2.36. The summed E-state index contributed by atoms with van der Waals surface area (Å²) in [5.41, 5.74) is 1.21. The van der Waals surface area contributed by atoms with Crippen molar-refractivity contribution in [1.29, 1.82) is 0 Å². The van der Waals surface area contributed by atoms with Crippen LogP contribution in [0.4, 0.5) is 5.69 Å². The summed E-state index contributed by atoms with van der Waals surface area (Å²) in [4.78, 5) is 10.5. The zero-order valence-electron chi connectivity index (χ0n) is 25.1. The van der Waals surface area contributed by atoms with E-state index in [1.54, 1.807) is 0 Å². The normalized spacial score (nSPS) is 33.1. The fourth-order valence-corrected chi connectivity index (χ4v) is 8.00. The number of aliphatic hydroxyl groups excluding tert-OH is 1. The van der Waals surface area contributed by atoms with Crippen molar-refractivity contribution in [2.45, 2.75) is 79.3 Å². The molecule has 14 nitrogen and oxygen atoms in total. The largest absolute Gasteiger partial charge is 0.388 e. The minimum atomic E-state index is -4.47. The molecule has 4 aliphatic heterocycles. The molecule has 250 valence electrons. The lowest BCUT2D eigenvalue weighted by molar-refractivity contribution is -0.387. The predicted octanol–water partition coefficient (Wildman–Crippen LogP) is 1.61. The topological polar surface area (TPSA) is 177 Å². The first kappa shape index (κ1) is 32.2. The molecular formula is C32H35N3O11S. The third kappa shape index (κ3) is 6.69. The highest BCUT2D eigenvalue weighted by Gasteiger charge is 2.57. The minimum Gasteiger partial charge on any atom is -0.388 e. The van der Waals surface area contributed by atoms with Crippen LogP contribution in [0.5, 0.6) is 0 Å². The molecule has 3 N–H and O–H groups in total. The number of ether oxygens (including phenoxy) is 6. The van der Waals surface area contributed by atoms with Gasteiger partial charge in [-0.15, -0.1) is 0 Å². The van der Waals surface area contributed by atoms with Gasteiger partial charge < -0.3 is 38.8 Å². The van der Waals surface area contributed by atoms with E-state index in [-0.39, 0.29) is 26.4 Å². The van der Waals surface area contributed by atoms with Crippen LogP contribution >= 0.6 is 0 Å². The molecule has 15 heteroatoms. The molecule has 4 fully saturated rings. The molecule has 4 bridgehead atoms. The van der Waals surface area contributed by atoms with Crippen LogP contribution in [-0.2, 0) is 51.7 Å². The Morgan fingerprint density at radius 2 is 1.34 bits per heavy atom. The van der Waals surface area contributed by atoms with E-state index < -0.39 is 86.8 Å². The van der Waals surface area contributed by atoms with Gasteiger partial charge in [0.2, 0.25) is 10.0 Å². The van der Waals surface area contributed by atoms with Crippen LogP contribution in [-0.4, -0.2) is 92.9 Å². The van der Waals surface area contributed by atoms with Crippen LogP contribution in [0.3, 0.4) is 0 Å². The van der Waals surface area contributed by atoms with Crippen molar-refractivity contribution in [2.24, 2.45) is 0 Å². The quantitative estimate of drug-likeness (QED) is 0.188. The number of hydrogen-bond acceptors (Lipinski definition) is 12. The summed E-state index contributed by atoms with van der Waals surface area (Å²) in [7, 11) is -4.47. The number of sulfonamides is 1. The average molecular weight is 670 g/mol. The number of hydrogen-bond donors (Lipinski definition) is 3. The Morgan fingerprint density at radius 1 is 0.766 bits per heavy atom. The number of benzene rings is 3. The van der Waals surface area contributed by atoms with Gasteiger partial charge in [0.1, 0.15) is 30.5 Å². The van der Waals surface area contributed by atoms with Crippen LogP contribution in [0.1, 0.15) is 11.1 Å². The second-order valence-corrected chi connectivity index (χ2v) is 13.5. The molecule has 3 aromatic rings. The second kappa shape index (κ2) is 13.6. The molecule has 0 saturated carbocycles. The van der Waals surface area contributed by atoms with Crippen molar-refractivity contribution < 1.29 is 46.9 Å². The Hall–Kier alpha value is -3.35. The summed E-state index contributed by atoms with van der Waals surface area (Å²) in [5.74, 6) is 0. The second-order valence-electron chi connectivity index (χ2n) is 11.9. The monoisotopic (exact) mass is 669 g/mol. The number of nitrogens with one attached hydrogen (secondary N) is 2. The molecule has 0 radical (unpaired) electrons. The summed E-state index contributed by atoms with van der Waals surface area (Å²) in [6, 6.07) is 21.2. The number of nitrogens with zero attached hydrogens (tertiary/aromatic N) is 1. The van der Waals surface area contributed by atoms with E-state index in [1.807, 2.05) is 60.7 Å². The number of rotatable bonds is 12. The third-order valence-electron chi connectivity index (χ3n) is 8.84. The van der Waals surface area contributed by atoms with Crippen LogP contribution < -0.4 is 10.0 Å². The molecule has 0 aliphatic carbocycles. The summed E-state index contributed by atoms with van der Waals surface area (Å²) in [6.07, 6.45) is -5.78. The van der Waals surface area contributed by atoms with E-state index in [0.29, 0.717) is 0 Å². The molecule has 10 atom stereocenters. The van der Waals surface area contributed by atoms with Gasteiger partial charge in [-0.3, -0.25) is 10.1 Å². The first-order chi connectivity index (χ1) is 22.8. The summed E-state index contributed by atoms with van der Waals surface area (Å²) in [6.45, 7) is 0.613. The molecule has 47 heavy (non-hydrogen) atoms. The molecule has 4 saturated heterocycles. The highest BCUT2D eigenvalue weighted by atomic mass is 32.2. The minimum absolute atomic E-state index is 0.0344. The van der Waals surface area contributed by atoms with E-state index in [2.05, 4.69) is 10.0 Å². The zero-order chi connectivity index (χ0) is 32.5. The van der Waals surface area contributed by atoms with Crippen molar-refractivity contribution in [3.05, 3.63) is 106 Å². The highest BCUT2D eigenvalue weighted by molar-refractivity contribution is 7.89. The van der Waals surface area contributed by atoms with Crippen molar-refractivity contribution in [3.8, 4) is 0 Å².